The molecule has 0 atom stereocenters. The van der Waals surface area contributed by atoms with Crippen molar-refractivity contribution >= 4 is 33.0 Å². The number of thiophene rings is 1. The number of aliphatic hydroxyl groups excluding tert-OH is 1. The SMILES string of the molecule is OCc1cc(Cl)ccc1OCc1csc2ccccc12. The van der Waals surface area contributed by atoms with Crippen LogP contribution in [0.3, 0.4) is 0 Å². The van der Waals surface area contributed by atoms with Crippen LogP contribution in [0.5, 0.6) is 5.75 Å². The van der Waals surface area contributed by atoms with Crippen LogP contribution < -0.4 is 4.74 Å². The average molecular weight is 305 g/mol. The smallest absolute Gasteiger partial charge is 0.125 e. The van der Waals surface area contributed by atoms with Gasteiger partial charge in [0.1, 0.15) is 12.4 Å². The highest BCUT2D eigenvalue weighted by molar-refractivity contribution is 7.17. The fourth-order valence-electron chi connectivity index (χ4n) is 2.11. The quantitative estimate of drug-likeness (QED) is 0.761. The van der Waals surface area contributed by atoms with Crippen LogP contribution in [-0.2, 0) is 13.2 Å². The van der Waals surface area contributed by atoms with Crippen LogP contribution in [0.2, 0.25) is 5.02 Å². The van der Waals surface area contributed by atoms with E-state index in [9.17, 15) is 5.11 Å². The van der Waals surface area contributed by atoms with E-state index in [4.69, 9.17) is 16.3 Å². The number of hydrogen-bond acceptors (Lipinski definition) is 3. The zero-order valence-electron chi connectivity index (χ0n) is 10.7. The molecule has 0 aliphatic rings. The maximum absolute atomic E-state index is 9.34. The van der Waals surface area contributed by atoms with Gasteiger partial charge in [-0.3, -0.25) is 0 Å². The number of benzene rings is 2. The van der Waals surface area contributed by atoms with Gasteiger partial charge in [0.15, 0.2) is 0 Å². The van der Waals surface area contributed by atoms with E-state index in [-0.39, 0.29) is 6.61 Å². The topological polar surface area (TPSA) is 29.5 Å². The summed E-state index contributed by atoms with van der Waals surface area (Å²) in [5, 5.41) is 13.3. The lowest BCUT2D eigenvalue weighted by atomic mass is 10.2. The molecular weight excluding hydrogens is 292 g/mol. The maximum Gasteiger partial charge on any atom is 0.125 e. The minimum atomic E-state index is -0.0831. The number of hydrogen-bond donors (Lipinski definition) is 1. The van der Waals surface area contributed by atoms with Gasteiger partial charge in [-0.05, 0) is 35.0 Å². The summed E-state index contributed by atoms with van der Waals surface area (Å²) in [4.78, 5) is 0. The van der Waals surface area contributed by atoms with Crippen molar-refractivity contribution in [2.75, 3.05) is 0 Å². The van der Waals surface area contributed by atoms with E-state index >= 15 is 0 Å². The first-order valence-electron chi connectivity index (χ1n) is 6.25. The lowest BCUT2D eigenvalue weighted by Gasteiger charge is -2.10. The molecule has 4 heteroatoms. The van der Waals surface area contributed by atoms with Gasteiger partial charge in [0, 0.05) is 20.8 Å². The van der Waals surface area contributed by atoms with Gasteiger partial charge in [-0.1, -0.05) is 29.8 Å². The molecule has 0 aliphatic carbocycles. The summed E-state index contributed by atoms with van der Waals surface area (Å²) in [6.07, 6.45) is 0. The van der Waals surface area contributed by atoms with Gasteiger partial charge in [0.05, 0.1) is 6.61 Å². The molecule has 1 aromatic heterocycles. The molecule has 0 aliphatic heterocycles. The summed E-state index contributed by atoms with van der Waals surface area (Å²) in [5.41, 5.74) is 1.86. The monoisotopic (exact) mass is 304 g/mol. The van der Waals surface area contributed by atoms with Crippen molar-refractivity contribution in [1.82, 2.24) is 0 Å². The fourth-order valence-corrected chi connectivity index (χ4v) is 3.25. The van der Waals surface area contributed by atoms with Crippen molar-refractivity contribution in [3.63, 3.8) is 0 Å². The van der Waals surface area contributed by atoms with E-state index in [1.165, 1.54) is 10.1 Å². The van der Waals surface area contributed by atoms with Crippen molar-refractivity contribution in [2.45, 2.75) is 13.2 Å². The Morgan fingerprint density at radius 1 is 1.10 bits per heavy atom. The van der Waals surface area contributed by atoms with Gasteiger partial charge in [0.25, 0.3) is 0 Å². The Bertz CT molecular complexity index is 736. The summed E-state index contributed by atoms with van der Waals surface area (Å²) in [6, 6.07) is 13.5. The Labute approximate surface area is 126 Å². The Balaban J connectivity index is 1.83. The van der Waals surface area contributed by atoms with Crippen LogP contribution in [0.1, 0.15) is 11.1 Å². The predicted octanol–water partition coefficient (Wildman–Crippen LogP) is 4.63. The normalized spacial score (nSPS) is 10.9. The summed E-state index contributed by atoms with van der Waals surface area (Å²) >= 11 is 7.62. The van der Waals surface area contributed by atoms with Gasteiger partial charge in [-0.25, -0.2) is 0 Å². The Morgan fingerprint density at radius 3 is 2.80 bits per heavy atom. The molecule has 2 aromatic carbocycles. The molecule has 1 heterocycles. The molecule has 102 valence electrons. The predicted molar refractivity (Wildman–Crippen MR) is 83.5 cm³/mol. The molecule has 0 radical (unpaired) electrons. The highest BCUT2D eigenvalue weighted by Crippen LogP contribution is 2.28. The van der Waals surface area contributed by atoms with Crippen molar-refractivity contribution in [2.24, 2.45) is 0 Å². The first-order valence-corrected chi connectivity index (χ1v) is 7.51. The lowest BCUT2D eigenvalue weighted by Crippen LogP contribution is -1.98. The van der Waals surface area contributed by atoms with E-state index in [1.807, 2.05) is 12.1 Å². The highest BCUT2D eigenvalue weighted by atomic mass is 35.5. The number of fused-ring (bicyclic) bond motifs is 1. The van der Waals surface area contributed by atoms with Crippen molar-refractivity contribution < 1.29 is 9.84 Å². The molecule has 20 heavy (non-hydrogen) atoms. The molecule has 3 rings (SSSR count). The number of ether oxygens (including phenoxy) is 1. The third-order valence-corrected chi connectivity index (χ3v) is 4.38. The van der Waals surface area contributed by atoms with Crippen LogP contribution in [0.4, 0.5) is 0 Å². The Morgan fingerprint density at radius 2 is 1.95 bits per heavy atom. The molecule has 0 fully saturated rings. The van der Waals surface area contributed by atoms with Gasteiger partial charge in [0.2, 0.25) is 0 Å². The zero-order chi connectivity index (χ0) is 13.9. The third kappa shape index (κ3) is 2.66. The van der Waals surface area contributed by atoms with E-state index in [2.05, 4.69) is 17.5 Å². The number of halogens is 1. The second-order valence-electron chi connectivity index (χ2n) is 4.46. The van der Waals surface area contributed by atoms with E-state index < -0.39 is 0 Å². The fraction of sp³-hybridized carbons (Fsp3) is 0.125. The van der Waals surface area contributed by atoms with Crippen molar-refractivity contribution in [3.05, 3.63) is 64.0 Å². The largest absolute Gasteiger partial charge is 0.488 e. The minimum Gasteiger partial charge on any atom is -0.488 e. The van der Waals surface area contributed by atoms with Crippen LogP contribution in [0.15, 0.2) is 47.8 Å². The highest BCUT2D eigenvalue weighted by Gasteiger charge is 2.07. The Kier molecular flexibility index (Phi) is 3.92. The molecule has 0 spiro atoms. The molecule has 0 unspecified atom stereocenters. The third-order valence-electron chi connectivity index (χ3n) is 3.14. The molecule has 0 saturated heterocycles. The second kappa shape index (κ2) is 5.83. The average Bonchev–Trinajstić information content (AvgIpc) is 2.89. The van der Waals surface area contributed by atoms with Crippen LogP contribution >= 0.6 is 22.9 Å². The lowest BCUT2D eigenvalue weighted by molar-refractivity contribution is 0.259. The second-order valence-corrected chi connectivity index (χ2v) is 5.80. The van der Waals surface area contributed by atoms with Gasteiger partial charge in [-0.2, -0.15) is 0 Å². The van der Waals surface area contributed by atoms with Crippen LogP contribution in [-0.4, -0.2) is 5.11 Å². The molecule has 0 saturated carbocycles. The molecule has 2 nitrogen and oxygen atoms in total. The van der Waals surface area contributed by atoms with E-state index in [0.29, 0.717) is 22.9 Å². The van der Waals surface area contributed by atoms with Crippen molar-refractivity contribution in [1.29, 1.82) is 0 Å². The van der Waals surface area contributed by atoms with Gasteiger partial charge in [-0.15, -0.1) is 11.3 Å². The van der Waals surface area contributed by atoms with E-state index in [0.717, 1.165) is 5.56 Å². The first-order chi connectivity index (χ1) is 9.78. The zero-order valence-corrected chi connectivity index (χ0v) is 12.2. The maximum atomic E-state index is 9.34. The number of aliphatic hydroxyl groups is 1. The summed E-state index contributed by atoms with van der Waals surface area (Å²) in [5.74, 6) is 0.673. The van der Waals surface area contributed by atoms with Crippen molar-refractivity contribution in [3.8, 4) is 5.75 Å². The summed E-state index contributed by atoms with van der Waals surface area (Å²) < 4.78 is 7.08. The van der Waals surface area contributed by atoms with Crippen LogP contribution in [0.25, 0.3) is 10.1 Å². The Hall–Kier alpha value is -1.55. The molecular formula is C16H13ClO2S. The standard InChI is InChI=1S/C16H13ClO2S/c17-13-5-6-15(11(7-13)8-18)19-9-12-10-20-16-4-2-1-3-14(12)16/h1-7,10,18H,8-9H2. The molecule has 0 bridgehead atoms. The minimum absolute atomic E-state index is 0.0831. The molecule has 1 N–H and O–H groups in total. The van der Waals surface area contributed by atoms with Crippen LogP contribution in [0, 0.1) is 0 Å². The number of rotatable bonds is 4. The first kappa shape index (κ1) is 13.4. The molecule has 0 amide bonds. The van der Waals surface area contributed by atoms with Gasteiger partial charge >= 0.3 is 0 Å². The van der Waals surface area contributed by atoms with E-state index in [1.54, 1.807) is 29.5 Å². The van der Waals surface area contributed by atoms with Gasteiger partial charge < -0.3 is 9.84 Å². The summed E-state index contributed by atoms with van der Waals surface area (Å²) in [7, 11) is 0. The molecule has 3 aromatic rings. The summed E-state index contributed by atoms with van der Waals surface area (Å²) in [6.45, 7) is 0.402.